The molecule has 1 heterocycles. The number of amides is 2. The number of rotatable bonds is 8. The molecule has 0 N–H and O–H groups in total. The van der Waals surface area contributed by atoms with E-state index in [2.05, 4.69) is 38.5 Å². The number of halogens is 2. The molecule has 0 atom stereocenters. The molecule has 0 unspecified atom stereocenters. The number of carbonyl (C=O) groups is 2. The number of imide groups is 1. The van der Waals surface area contributed by atoms with Gasteiger partial charge in [0.2, 0.25) is 0 Å². The van der Waals surface area contributed by atoms with Crippen LogP contribution in [0.1, 0.15) is 16.7 Å². The van der Waals surface area contributed by atoms with Crippen LogP contribution in [0.4, 0.5) is 10.5 Å². The maximum Gasteiger partial charge on any atom is 0.293 e. The van der Waals surface area contributed by atoms with Crippen LogP contribution in [0.5, 0.6) is 11.5 Å². The molecule has 0 aliphatic carbocycles. The van der Waals surface area contributed by atoms with Crippen molar-refractivity contribution in [3.63, 3.8) is 0 Å². The highest BCUT2D eigenvalue weighted by molar-refractivity contribution is 14.1. The molecule has 4 rings (SSSR count). The summed E-state index contributed by atoms with van der Waals surface area (Å²) in [6.07, 6.45) is 1.64. The highest BCUT2D eigenvalue weighted by atomic mass is 127. The third-order valence-corrected chi connectivity index (χ3v) is 7.55. The van der Waals surface area contributed by atoms with Crippen LogP contribution in [-0.2, 0) is 17.9 Å². The molecule has 184 valence electrons. The van der Waals surface area contributed by atoms with Crippen LogP contribution in [0.3, 0.4) is 0 Å². The van der Waals surface area contributed by atoms with Gasteiger partial charge in [0.15, 0.2) is 11.5 Å². The summed E-state index contributed by atoms with van der Waals surface area (Å²) in [7, 11) is 1.50. The molecular weight excluding hydrogens is 663 g/mol. The minimum absolute atomic E-state index is 0.00591. The Morgan fingerprint density at radius 2 is 1.72 bits per heavy atom. The number of ether oxygens (including phenoxy) is 2. The maximum atomic E-state index is 13.0. The van der Waals surface area contributed by atoms with Gasteiger partial charge in [0, 0.05) is 20.2 Å². The lowest BCUT2D eigenvalue weighted by atomic mass is 10.1. The zero-order chi connectivity index (χ0) is 25.8. The predicted molar refractivity (Wildman–Crippen MR) is 149 cm³/mol. The van der Waals surface area contributed by atoms with E-state index in [1.165, 1.54) is 24.1 Å². The highest BCUT2D eigenvalue weighted by Crippen LogP contribution is 2.38. The van der Waals surface area contributed by atoms with Crippen molar-refractivity contribution in [3.8, 4) is 11.5 Å². The Hall–Kier alpha value is -2.90. The van der Waals surface area contributed by atoms with Crippen LogP contribution < -0.4 is 9.47 Å². The second kappa shape index (κ2) is 11.4. The third kappa shape index (κ3) is 6.08. The largest absolute Gasteiger partial charge is 0.493 e. The van der Waals surface area contributed by atoms with Gasteiger partial charge in [0.05, 0.1) is 23.5 Å². The molecule has 1 aliphatic heterocycles. The average Bonchev–Trinajstić information content (AvgIpc) is 3.12. The number of methoxy groups -OCH3 is 1. The fourth-order valence-corrected chi connectivity index (χ4v) is 4.98. The van der Waals surface area contributed by atoms with Gasteiger partial charge in [-0.3, -0.25) is 24.6 Å². The summed E-state index contributed by atoms with van der Waals surface area (Å²) in [5.74, 6) is 0.532. The number of hydrogen-bond donors (Lipinski definition) is 0. The Balaban J connectivity index is 1.50. The number of nitro benzene ring substituents is 1. The number of nitrogens with zero attached hydrogens (tertiary/aromatic N) is 2. The van der Waals surface area contributed by atoms with Gasteiger partial charge in [-0.1, -0.05) is 28.1 Å². The van der Waals surface area contributed by atoms with Crippen molar-refractivity contribution in [2.45, 2.75) is 13.2 Å². The molecule has 0 saturated carbocycles. The van der Waals surface area contributed by atoms with E-state index in [1.54, 1.807) is 30.3 Å². The minimum Gasteiger partial charge on any atom is -0.493 e. The first-order valence-electron chi connectivity index (χ1n) is 10.5. The molecule has 1 saturated heterocycles. The van der Waals surface area contributed by atoms with E-state index in [0.29, 0.717) is 26.4 Å². The first-order valence-corrected chi connectivity index (χ1v) is 13.2. The van der Waals surface area contributed by atoms with Gasteiger partial charge in [-0.25, -0.2) is 0 Å². The van der Waals surface area contributed by atoms with Gasteiger partial charge in [-0.05, 0) is 93.5 Å². The number of hydrogen-bond acceptors (Lipinski definition) is 7. The molecule has 8 nitrogen and oxygen atoms in total. The first-order chi connectivity index (χ1) is 17.2. The normalized spacial score (nSPS) is 14.4. The van der Waals surface area contributed by atoms with Crippen molar-refractivity contribution in [1.29, 1.82) is 0 Å². The third-order valence-electron chi connectivity index (χ3n) is 5.24. The zero-order valence-corrected chi connectivity index (χ0v) is 23.3. The van der Waals surface area contributed by atoms with Crippen molar-refractivity contribution in [2.24, 2.45) is 0 Å². The van der Waals surface area contributed by atoms with Gasteiger partial charge in [-0.2, -0.15) is 0 Å². The Morgan fingerprint density at radius 3 is 2.36 bits per heavy atom. The molecule has 0 bridgehead atoms. The van der Waals surface area contributed by atoms with Crippen molar-refractivity contribution >= 4 is 73.2 Å². The van der Waals surface area contributed by atoms with Crippen LogP contribution >= 0.6 is 50.3 Å². The Labute approximate surface area is 233 Å². The van der Waals surface area contributed by atoms with Gasteiger partial charge in [-0.15, -0.1) is 0 Å². The van der Waals surface area contributed by atoms with Crippen molar-refractivity contribution in [3.05, 3.63) is 100 Å². The monoisotopic (exact) mass is 680 g/mol. The van der Waals surface area contributed by atoms with Crippen molar-refractivity contribution in [2.75, 3.05) is 7.11 Å². The van der Waals surface area contributed by atoms with Crippen LogP contribution in [0.2, 0.25) is 0 Å². The summed E-state index contributed by atoms with van der Waals surface area (Å²) in [6, 6.07) is 17.2. The van der Waals surface area contributed by atoms with Gasteiger partial charge in [0.1, 0.15) is 6.61 Å². The lowest BCUT2D eigenvalue weighted by molar-refractivity contribution is -0.384. The van der Waals surface area contributed by atoms with Crippen LogP contribution in [0, 0.1) is 13.7 Å². The number of carbonyl (C=O) groups excluding carboxylic acids is 2. The van der Waals surface area contributed by atoms with Crippen LogP contribution in [-0.4, -0.2) is 28.1 Å². The van der Waals surface area contributed by atoms with E-state index < -0.39 is 4.92 Å². The maximum absolute atomic E-state index is 13.0. The van der Waals surface area contributed by atoms with E-state index in [9.17, 15) is 19.7 Å². The van der Waals surface area contributed by atoms with Gasteiger partial charge in [0.25, 0.3) is 16.8 Å². The quantitative estimate of drug-likeness (QED) is 0.112. The Bertz CT molecular complexity index is 1360. The summed E-state index contributed by atoms with van der Waals surface area (Å²) in [5, 5.41) is 10.5. The van der Waals surface area contributed by atoms with E-state index in [1.807, 2.05) is 24.3 Å². The summed E-state index contributed by atoms with van der Waals surface area (Å²) in [4.78, 5) is 37.4. The Kier molecular flexibility index (Phi) is 8.32. The summed E-state index contributed by atoms with van der Waals surface area (Å²) >= 11 is 6.60. The van der Waals surface area contributed by atoms with Crippen LogP contribution in [0.25, 0.3) is 6.08 Å². The molecule has 3 aromatic rings. The first kappa shape index (κ1) is 26.2. The number of nitro groups is 1. The van der Waals surface area contributed by atoms with E-state index >= 15 is 0 Å². The van der Waals surface area contributed by atoms with E-state index in [4.69, 9.17) is 9.47 Å². The van der Waals surface area contributed by atoms with Crippen molar-refractivity contribution < 1.29 is 24.0 Å². The molecule has 36 heavy (non-hydrogen) atoms. The minimum atomic E-state index is -0.458. The summed E-state index contributed by atoms with van der Waals surface area (Å²) < 4.78 is 13.1. The number of benzene rings is 3. The molecule has 11 heteroatoms. The molecule has 2 amide bonds. The number of thioether (sulfide) groups is 1. The van der Waals surface area contributed by atoms with E-state index in [0.717, 1.165) is 26.5 Å². The van der Waals surface area contributed by atoms with Gasteiger partial charge >= 0.3 is 0 Å². The standard InChI is InChI=1S/C25H18BrIN2O6S/c1-34-21-10-17(20(26)12-22(21)35-14-16-4-8-19(9-5-16)29(32)33)11-23-24(30)28(25(31)36-23)13-15-2-6-18(27)7-3-15/h2-12H,13-14H2,1H3/b23-11-. The lowest BCUT2D eigenvalue weighted by Crippen LogP contribution is -2.27. The molecule has 0 aromatic heterocycles. The summed E-state index contributed by atoms with van der Waals surface area (Å²) in [5.41, 5.74) is 2.28. The second-order valence-electron chi connectivity index (χ2n) is 7.63. The summed E-state index contributed by atoms with van der Waals surface area (Å²) in [6.45, 7) is 0.385. The lowest BCUT2D eigenvalue weighted by Gasteiger charge is -2.13. The topological polar surface area (TPSA) is 99.0 Å². The zero-order valence-electron chi connectivity index (χ0n) is 18.8. The highest BCUT2D eigenvalue weighted by Gasteiger charge is 2.35. The molecule has 1 aliphatic rings. The Morgan fingerprint density at radius 1 is 1.06 bits per heavy atom. The SMILES string of the molecule is COc1cc(/C=C2\SC(=O)N(Cc3ccc(I)cc3)C2=O)c(Br)cc1OCc1ccc([N+](=O)[O-])cc1. The molecule has 0 spiro atoms. The number of non-ortho nitro benzene ring substituents is 1. The molecule has 3 aromatic carbocycles. The van der Waals surface area contributed by atoms with Crippen molar-refractivity contribution in [1.82, 2.24) is 4.90 Å². The molecular formula is C25H18BrIN2O6S. The predicted octanol–water partition coefficient (Wildman–Crippen LogP) is 6.79. The molecule has 0 radical (unpaired) electrons. The van der Waals surface area contributed by atoms with E-state index in [-0.39, 0.29) is 30.0 Å². The average molecular weight is 681 g/mol. The van der Waals surface area contributed by atoms with Crippen LogP contribution in [0.15, 0.2) is 70.0 Å². The smallest absolute Gasteiger partial charge is 0.293 e. The second-order valence-corrected chi connectivity index (χ2v) is 10.7. The fourth-order valence-electron chi connectivity index (χ4n) is 3.36. The van der Waals surface area contributed by atoms with Gasteiger partial charge < -0.3 is 9.47 Å². The molecule has 1 fully saturated rings. The fraction of sp³-hybridized carbons (Fsp3) is 0.120.